The van der Waals surface area contributed by atoms with Crippen LogP contribution in [0.4, 0.5) is 0 Å². The SMILES string of the molecule is COc1cc(CNCCC(C)C)ccc1Oc1ccc(C(N)=O)nc1. The van der Waals surface area contributed by atoms with Gasteiger partial charge in [-0.3, -0.25) is 4.79 Å². The Kier molecular flexibility index (Phi) is 6.77. The molecule has 134 valence electrons. The molecule has 0 atom stereocenters. The lowest BCUT2D eigenvalue weighted by atomic mass is 10.1. The molecule has 0 radical (unpaired) electrons. The van der Waals surface area contributed by atoms with Crippen molar-refractivity contribution in [2.24, 2.45) is 11.7 Å². The molecule has 0 aliphatic carbocycles. The molecule has 1 aromatic carbocycles. The molecule has 0 spiro atoms. The monoisotopic (exact) mass is 343 g/mol. The minimum absolute atomic E-state index is 0.196. The summed E-state index contributed by atoms with van der Waals surface area (Å²) >= 11 is 0. The van der Waals surface area contributed by atoms with E-state index in [9.17, 15) is 4.79 Å². The number of nitrogens with one attached hydrogen (secondary N) is 1. The Bertz CT molecular complexity index is 700. The summed E-state index contributed by atoms with van der Waals surface area (Å²) in [5.74, 6) is 1.85. The summed E-state index contributed by atoms with van der Waals surface area (Å²) in [5, 5.41) is 3.42. The second kappa shape index (κ2) is 9.03. The maximum atomic E-state index is 11.0. The summed E-state index contributed by atoms with van der Waals surface area (Å²) in [4.78, 5) is 15.0. The third-order valence-electron chi connectivity index (χ3n) is 3.67. The van der Waals surface area contributed by atoms with Crippen LogP contribution in [0.2, 0.25) is 0 Å². The zero-order valence-corrected chi connectivity index (χ0v) is 14.9. The highest BCUT2D eigenvalue weighted by atomic mass is 16.5. The molecular formula is C19H25N3O3. The van der Waals surface area contributed by atoms with E-state index in [2.05, 4.69) is 24.1 Å². The molecule has 25 heavy (non-hydrogen) atoms. The fourth-order valence-corrected chi connectivity index (χ4v) is 2.24. The molecule has 1 amide bonds. The van der Waals surface area contributed by atoms with Crippen molar-refractivity contribution in [1.82, 2.24) is 10.3 Å². The van der Waals surface area contributed by atoms with Crippen molar-refractivity contribution < 1.29 is 14.3 Å². The molecular weight excluding hydrogens is 318 g/mol. The van der Waals surface area contributed by atoms with Gasteiger partial charge in [-0.2, -0.15) is 0 Å². The Hall–Kier alpha value is -2.60. The first-order valence-electron chi connectivity index (χ1n) is 8.31. The molecule has 0 bridgehead atoms. The maximum Gasteiger partial charge on any atom is 0.267 e. The number of amides is 1. The van der Waals surface area contributed by atoms with Crippen LogP contribution in [0.1, 0.15) is 36.3 Å². The maximum absolute atomic E-state index is 11.0. The van der Waals surface area contributed by atoms with Crippen LogP contribution in [0.3, 0.4) is 0 Å². The van der Waals surface area contributed by atoms with Gasteiger partial charge in [0.1, 0.15) is 11.4 Å². The van der Waals surface area contributed by atoms with Crippen molar-refractivity contribution in [1.29, 1.82) is 0 Å². The molecule has 0 aliphatic heterocycles. The van der Waals surface area contributed by atoms with Crippen molar-refractivity contribution >= 4 is 5.91 Å². The summed E-state index contributed by atoms with van der Waals surface area (Å²) in [6, 6.07) is 8.97. The highest BCUT2D eigenvalue weighted by Gasteiger charge is 2.09. The molecule has 2 aromatic rings. The second-order valence-corrected chi connectivity index (χ2v) is 6.19. The van der Waals surface area contributed by atoms with E-state index in [1.807, 2.05) is 18.2 Å². The second-order valence-electron chi connectivity index (χ2n) is 6.19. The summed E-state index contributed by atoms with van der Waals surface area (Å²) in [5.41, 5.74) is 6.49. The van der Waals surface area contributed by atoms with Crippen molar-refractivity contribution in [2.45, 2.75) is 26.8 Å². The molecule has 6 heteroatoms. The Balaban J connectivity index is 2.02. The van der Waals surface area contributed by atoms with Gasteiger partial charge < -0.3 is 20.5 Å². The van der Waals surface area contributed by atoms with Crippen LogP contribution in [-0.2, 0) is 6.54 Å². The topological polar surface area (TPSA) is 86.5 Å². The van der Waals surface area contributed by atoms with E-state index in [4.69, 9.17) is 15.2 Å². The molecule has 0 unspecified atom stereocenters. The third kappa shape index (κ3) is 5.76. The third-order valence-corrected chi connectivity index (χ3v) is 3.67. The molecule has 0 saturated heterocycles. The van der Waals surface area contributed by atoms with Crippen molar-refractivity contribution in [3.05, 3.63) is 47.8 Å². The fourth-order valence-electron chi connectivity index (χ4n) is 2.24. The number of hydrogen-bond acceptors (Lipinski definition) is 5. The van der Waals surface area contributed by atoms with Gasteiger partial charge in [-0.15, -0.1) is 0 Å². The summed E-state index contributed by atoms with van der Waals surface area (Å²) in [6.45, 7) is 6.18. The number of benzene rings is 1. The van der Waals surface area contributed by atoms with E-state index in [0.717, 1.165) is 25.1 Å². The van der Waals surface area contributed by atoms with Gasteiger partial charge in [0.25, 0.3) is 5.91 Å². The first-order chi connectivity index (χ1) is 12.0. The first-order valence-corrected chi connectivity index (χ1v) is 8.31. The van der Waals surface area contributed by atoms with Crippen LogP contribution in [0.25, 0.3) is 0 Å². The number of rotatable bonds is 9. The minimum atomic E-state index is -0.571. The van der Waals surface area contributed by atoms with E-state index in [0.29, 0.717) is 23.2 Å². The summed E-state index contributed by atoms with van der Waals surface area (Å²) in [6.07, 6.45) is 2.60. The van der Waals surface area contributed by atoms with E-state index < -0.39 is 5.91 Å². The number of carbonyl (C=O) groups excluding carboxylic acids is 1. The number of nitrogens with two attached hydrogens (primary N) is 1. The average molecular weight is 343 g/mol. The van der Waals surface area contributed by atoms with Crippen molar-refractivity contribution in [3.63, 3.8) is 0 Å². The lowest BCUT2D eigenvalue weighted by molar-refractivity contribution is 0.0995. The Labute approximate surface area is 148 Å². The number of aromatic nitrogens is 1. The zero-order chi connectivity index (χ0) is 18.2. The van der Waals surface area contributed by atoms with Crippen LogP contribution in [-0.4, -0.2) is 24.5 Å². The van der Waals surface area contributed by atoms with Gasteiger partial charge >= 0.3 is 0 Å². The van der Waals surface area contributed by atoms with Gasteiger partial charge in [-0.1, -0.05) is 19.9 Å². The Morgan fingerprint density at radius 1 is 1.24 bits per heavy atom. The molecule has 1 heterocycles. The van der Waals surface area contributed by atoms with Gasteiger partial charge in [0.05, 0.1) is 13.3 Å². The highest BCUT2D eigenvalue weighted by molar-refractivity contribution is 5.90. The molecule has 2 rings (SSSR count). The fraction of sp³-hybridized carbons (Fsp3) is 0.368. The van der Waals surface area contributed by atoms with Crippen LogP contribution < -0.4 is 20.5 Å². The van der Waals surface area contributed by atoms with Gasteiger partial charge in [-0.25, -0.2) is 4.98 Å². The Morgan fingerprint density at radius 3 is 2.64 bits per heavy atom. The first kappa shape index (κ1) is 18.7. The number of nitrogens with zero attached hydrogens (tertiary/aromatic N) is 1. The minimum Gasteiger partial charge on any atom is -0.493 e. The van der Waals surface area contributed by atoms with Gasteiger partial charge in [-0.05, 0) is 48.7 Å². The lowest BCUT2D eigenvalue weighted by Crippen LogP contribution is -2.16. The lowest BCUT2D eigenvalue weighted by Gasteiger charge is -2.13. The molecule has 1 aromatic heterocycles. The molecule has 3 N–H and O–H groups in total. The number of hydrogen-bond donors (Lipinski definition) is 2. The van der Waals surface area contributed by atoms with Gasteiger partial charge in [0, 0.05) is 6.54 Å². The predicted molar refractivity (Wildman–Crippen MR) is 97.0 cm³/mol. The van der Waals surface area contributed by atoms with E-state index in [1.165, 1.54) is 12.3 Å². The largest absolute Gasteiger partial charge is 0.493 e. The predicted octanol–water partition coefficient (Wildman–Crippen LogP) is 3.12. The van der Waals surface area contributed by atoms with Gasteiger partial charge in [0.2, 0.25) is 0 Å². The summed E-state index contributed by atoms with van der Waals surface area (Å²) in [7, 11) is 1.60. The van der Waals surface area contributed by atoms with Crippen LogP contribution in [0.15, 0.2) is 36.5 Å². The number of methoxy groups -OCH3 is 1. The van der Waals surface area contributed by atoms with E-state index >= 15 is 0 Å². The number of pyridine rings is 1. The molecule has 6 nitrogen and oxygen atoms in total. The zero-order valence-electron chi connectivity index (χ0n) is 14.9. The molecule has 0 fully saturated rings. The van der Waals surface area contributed by atoms with Crippen LogP contribution in [0, 0.1) is 5.92 Å². The normalized spacial score (nSPS) is 10.7. The van der Waals surface area contributed by atoms with Crippen LogP contribution in [0.5, 0.6) is 17.2 Å². The highest BCUT2D eigenvalue weighted by Crippen LogP contribution is 2.32. The van der Waals surface area contributed by atoms with Crippen molar-refractivity contribution in [3.8, 4) is 17.2 Å². The van der Waals surface area contributed by atoms with Crippen molar-refractivity contribution in [2.75, 3.05) is 13.7 Å². The van der Waals surface area contributed by atoms with E-state index in [1.54, 1.807) is 13.2 Å². The van der Waals surface area contributed by atoms with Gasteiger partial charge in [0.15, 0.2) is 11.5 Å². The average Bonchev–Trinajstić information content (AvgIpc) is 2.60. The standard InChI is InChI=1S/C19H25N3O3/c1-13(2)8-9-21-11-14-4-7-17(18(10-14)24-3)25-15-5-6-16(19(20)23)22-12-15/h4-7,10,12-13,21H,8-9,11H2,1-3H3,(H2,20,23). The Morgan fingerprint density at radius 2 is 2.04 bits per heavy atom. The van der Waals surface area contributed by atoms with E-state index in [-0.39, 0.29) is 5.69 Å². The number of primary amides is 1. The summed E-state index contributed by atoms with van der Waals surface area (Å²) < 4.78 is 11.2. The molecule has 0 saturated carbocycles. The number of ether oxygens (including phenoxy) is 2. The quantitative estimate of drug-likeness (QED) is 0.683. The molecule has 0 aliphatic rings. The smallest absolute Gasteiger partial charge is 0.267 e. The number of carbonyl (C=O) groups is 1. The van der Waals surface area contributed by atoms with Crippen LogP contribution >= 0.6 is 0 Å².